The molecule has 132 valence electrons. The maximum Gasteiger partial charge on any atom is 0.122 e. The van der Waals surface area contributed by atoms with Gasteiger partial charge in [0.15, 0.2) is 0 Å². The molecule has 0 bridgehead atoms. The number of piperazine rings is 1. The predicted molar refractivity (Wildman–Crippen MR) is 97.7 cm³/mol. The number of hydrogen-bond donors (Lipinski definition) is 1. The summed E-state index contributed by atoms with van der Waals surface area (Å²) < 4.78 is 5.96. The number of nitrogens with zero attached hydrogens (tertiary/aromatic N) is 2. The third kappa shape index (κ3) is 3.32. The molecule has 1 N–H and O–H groups in total. The van der Waals surface area contributed by atoms with Crippen molar-refractivity contribution >= 4 is 0 Å². The summed E-state index contributed by atoms with van der Waals surface area (Å²) in [7, 11) is 2.33. The Bertz CT molecular complexity index is 556. The molecule has 2 saturated heterocycles. The first-order valence-electron chi connectivity index (χ1n) is 9.60. The minimum absolute atomic E-state index is 0.405. The molecule has 1 aromatic rings. The summed E-state index contributed by atoms with van der Waals surface area (Å²) in [5.41, 5.74) is 1.80. The Morgan fingerprint density at radius 2 is 2.04 bits per heavy atom. The molecule has 3 aliphatic rings. The van der Waals surface area contributed by atoms with Gasteiger partial charge in [0, 0.05) is 31.7 Å². The Hall–Kier alpha value is -1.10. The molecule has 0 unspecified atom stereocenters. The van der Waals surface area contributed by atoms with Gasteiger partial charge >= 0.3 is 0 Å². The normalized spacial score (nSPS) is 28.1. The number of piperidine rings is 1. The fourth-order valence-corrected chi connectivity index (χ4v) is 4.82. The van der Waals surface area contributed by atoms with Gasteiger partial charge in [0.05, 0.1) is 6.61 Å². The van der Waals surface area contributed by atoms with Gasteiger partial charge in [-0.05, 0) is 63.4 Å². The molecule has 3 aliphatic heterocycles. The zero-order valence-corrected chi connectivity index (χ0v) is 15.0. The molecule has 4 nitrogen and oxygen atoms in total. The molecular formula is C20H31N3O. The summed E-state index contributed by atoms with van der Waals surface area (Å²) in [5.74, 6) is 1.82. The first-order chi connectivity index (χ1) is 11.8. The number of rotatable bonds is 2. The standard InChI is InChI=1S/C20H31N3O/c1-22-11-12-23(16-20(22)7-9-21-10-8-20)15-17-6-13-24-19-5-3-2-4-18(19)14-17/h2-5,17,21H,6-16H2,1H3/t17-/m1/s1. The van der Waals surface area contributed by atoms with E-state index in [1.54, 1.807) is 0 Å². The van der Waals surface area contributed by atoms with Crippen LogP contribution < -0.4 is 10.1 Å². The molecule has 24 heavy (non-hydrogen) atoms. The van der Waals surface area contributed by atoms with E-state index >= 15 is 0 Å². The van der Waals surface area contributed by atoms with Gasteiger partial charge in [-0.15, -0.1) is 0 Å². The molecule has 0 saturated carbocycles. The second kappa shape index (κ2) is 7.03. The maximum absolute atomic E-state index is 5.96. The Kier molecular flexibility index (Phi) is 4.79. The fourth-order valence-electron chi connectivity index (χ4n) is 4.82. The van der Waals surface area contributed by atoms with Crippen LogP contribution in [0.5, 0.6) is 5.75 Å². The van der Waals surface area contributed by atoms with Crippen LogP contribution in [0.25, 0.3) is 0 Å². The molecular weight excluding hydrogens is 298 g/mol. The number of likely N-dealkylation sites (N-methyl/N-ethyl adjacent to an activating group) is 1. The molecule has 4 heteroatoms. The predicted octanol–water partition coefficient (Wildman–Crippen LogP) is 2.00. The second-order valence-electron chi connectivity index (χ2n) is 7.95. The molecule has 3 heterocycles. The number of ether oxygens (including phenoxy) is 1. The highest BCUT2D eigenvalue weighted by atomic mass is 16.5. The summed E-state index contributed by atoms with van der Waals surface area (Å²) >= 11 is 0. The molecule has 2 fully saturated rings. The Labute approximate surface area is 146 Å². The third-order valence-corrected chi connectivity index (χ3v) is 6.39. The van der Waals surface area contributed by atoms with Crippen LogP contribution in [0.15, 0.2) is 24.3 Å². The van der Waals surface area contributed by atoms with E-state index in [4.69, 9.17) is 4.74 Å². The van der Waals surface area contributed by atoms with E-state index in [9.17, 15) is 0 Å². The number of para-hydroxylation sites is 1. The molecule has 0 aliphatic carbocycles. The van der Waals surface area contributed by atoms with Crippen LogP contribution in [-0.4, -0.2) is 68.3 Å². The Morgan fingerprint density at radius 1 is 1.21 bits per heavy atom. The molecule has 1 aromatic carbocycles. The van der Waals surface area contributed by atoms with E-state index in [2.05, 4.69) is 46.4 Å². The van der Waals surface area contributed by atoms with Crippen LogP contribution in [-0.2, 0) is 6.42 Å². The van der Waals surface area contributed by atoms with E-state index in [1.165, 1.54) is 64.1 Å². The van der Waals surface area contributed by atoms with Crippen LogP contribution in [0, 0.1) is 5.92 Å². The van der Waals surface area contributed by atoms with Gasteiger partial charge in [0.25, 0.3) is 0 Å². The molecule has 1 atom stereocenters. The highest BCUT2D eigenvalue weighted by Gasteiger charge is 2.40. The quantitative estimate of drug-likeness (QED) is 0.898. The molecule has 0 radical (unpaired) electrons. The van der Waals surface area contributed by atoms with Crippen molar-refractivity contribution in [3.05, 3.63) is 29.8 Å². The van der Waals surface area contributed by atoms with Gasteiger partial charge in [0.2, 0.25) is 0 Å². The lowest BCUT2D eigenvalue weighted by Crippen LogP contribution is -2.64. The maximum atomic E-state index is 5.96. The summed E-state index contributed by atoms with van der Waals surface area (Å²) in [6.07, 6.45) is 4.92. The SMILES string of the molecule is CN1CCN(C[C@@H]2CCOc3ccccc3C2)CC12CCNCC2. The van der Waals surface area contributed by atoms with E-state index < -0.39 is 0 Å². The van der Waals surface area contributed by atoms with Crippen molar-refractivity contribution in [3.8, 4) is 5.75 Å². The average Bonchev–Trinajstić information content (AvgIpc) is 2.81. The van der Waals surface area contributed by atoms with Crippen molar-refractivity contribution in [2.45, 2.75) is 31.2 Å². The number of hydrogen-bond acceptors (Lipinski definition) is 4. The summed E-state index contributed by atoms with van der Waals surface area (Å²) in [6.45, 7) is 8.09. The summed E-state index contributed by atoms with van der Waals surface area (Å²) in [5, 5.41) is 3.53. The summed E-state index contributed by atoms with van der Waals surface area (Å²) in [4.78, 5) is 5.37. The molecule has 0 amide bonds. The minimum atomic E-state index is 0.405. The lowest BCUT2D eigenvalue weighted by atomic mass is 9.84. The van der Waals surface area contributed by atoms with Crippen molar-refractivity contribution in [1.82, 2.24) is 15.1 Å². The van der Waals surface area contributed by atoms with Gasteiger partial charge < -0.3 is 10.1 Å². The minimum Gasteiger partial charge on any atom is -0.493 e. The number of benzene rings is 1. The molecule has 4 rings (SSSR count). The van der Waals surface area contributed by atoms with E-state index in [-0.39, 0.29) is 0 Å². The van der Waals surface area contributed by atoms with Crippen molar-refractivity contribution in [1.29, 1.82) is 0 Å². The molecule has 0 aromatic heterocycles. The lowest BCUT2D eigenvalue weighted by Gasteiger charge is -2.52. The lowest BCUT2D eigenvalue weighted by molar-refractivity contribution is -0.0110. The van der Waals surface area contributed by atoms with E-state index in [0.29, 0.717) is 5.54 Å². The van der Waals surface area contributed by atoms with Gasteiger partial charge in [0.1, 0.15) is 5.75 Å². The van der Waals surface area contributed by atoms with Crippen molar-refractivity contribution in [3.63, 3.8) is 0 Å². The third-order valence-electron chi connectivity index (χ3n) is 6.39. The van der Waals surface area contributed by atoms with Gasteiger partial charge in [-0.3, -0.25) is 9.80 Å². The first-order valence-corrected chi connectivity index (χ1v) is 9.60. The van der Waals surface area contributed by atoms with Crippen LogP contribution in [0.4, 0.5) is 0 Å². The van der Waals surface area contributed by atoms with Gasteiger partial charge in [-0.1, -0.05) is 18.2 Å². The van der Waals surface area contributed by atoms with Crippen molar-refractivity contribution in [2.24, 2.45) is 5.92 Å². The Balaban J connectivity index is 1.42. The number of fused-ring (bicyclic) bond motifs is 1. The summed E-state index contributed by atoms with van der Waals surface area (Å²) in [6, 6.07) is 8.59. The van der Waals surface area contributed by atoms with Crippen molar-refractivity contribution in [2.75, 3.05) is 52.9 Å². The monoisotopic (exact) mass is 329 g/mol. The van der Waals surface area contributed by atoms with E-state index in [0.717, 1.165) is 24.7 Å². The average molecular weight is 329 g/mol. The van der Waals surface area contributed by atoms with Gasteiger partial charge in [-0.25, -0.2) is 0 Å². The van der Waals surface area contributed by atoms with Gasteiger partial charge in [-0.2, -0.15) is 0 Å². The second-order valence-corrected chi connectivity index (χ2v) is 7.95. The Morgan fingerprint density at radius 3 is 2.92 bits per heavy atom. The van der Waals surface area contributed by atoms with Crippen LogP contribution >= 0.6 is 0 Å². The molecule has 1 spiro atoms. The first kappa shape index (κ1) is 16.4. The smallest absolute Gasteiger partial charge is 0.122 e. The van der Waals surface area contributed by atoms with Crippen LogP contribution in [0.2, 0.25) is 0 Å². The number of nitrogens with one attached hydrogen (secondary N) is 1. The zero-order valence-electron chi connectivity index (χ0n) is 15.0. The van der Waals surface area contributed by atoms with Crippen molar-refractivity contribution < 1.29 is 4.74 Å². The van der Waals surface area contributed by atoms with Crippen LogP contribution in [0.3, 0.4) is 0 Å². The fraction of sp³-hybridized carbons (Fsp3) is 0.700. The highest BCUT2D eigenvalue weighted by Crippen LogP contribution is 2.31. The van der Waals surface area contributed by atoms with Crippen LogP contribution in [0.1, 0.15) is 24.8 Å². The van der Waals surface area contributed by atoms with E-state index in [1.807, 2.05) is 0 Å². The highest BCUT2D eigenvalue weighted by molar-refractivity contribution is 5.34. The topological polar surface area (TPSA) is 27.7 Å². The zero-order chi connectivity index (χ0) is 16.4. The largest absolute Gasteiger partial charge is 0.493 e.